The lowest BCUT2D eigenvalue weighted by Crippen LogP contribution is -2.24. The molecule has 0 aromatic carbocycles. The van der Waals surface area contributed by atoms with E-state index in [4.69, 9.17) is 16.0 Å². The summed E-state index contributed by atoms with van der Waals surface area (Å²) in [4.78, 5) is 11.5. The zero-order valence-electron chi connectivity index (χ0n) is 8.26. The fraction of sp³-hybridized carbons (Fsp3) is 0.500. The van der Waals surface area contributed by atoms with Crippen LogP contribution < -0.4 is 5.32 Å². The van der Waals surface area contributed by atoms with Crippen LogP contribution in [0.3, 0.4) is 0 Å². The van der Waals surface area contributed by atoms with E-state index in [1.165, 1.54) is 17.1 Å². The van der Waals surface area contributed by atoms with E-state index in [9.17, 15) is 4.79 Å². The van der Waals surface area contributed by atoms with E-state index in [-0.39, 0.29) is 11.1 Å². The molecule has 5 heteroatoms. The van der Waals surface area contributed by atoms with Gasteiger partial charge in [0.05, 0.1) is 11.8 Å². The second-order valence-corrected chi connectivity index (χ2v) is 4.54. The van der Waals surface area contributed by atoms with E-state index in [0.29, 0.717) is 12.1 Å². The summed E-state index contributed by atoms with van der Waals surface area (Å²) in [6.07, 6.45) is 4.75. The lowest BCUT2D eigenvalue weighted by Gasteiger charge is -2.02. The maximum atomic E-state index is 11.5. The number of halogens is 2. The Hall–Kier alpha value is -0.230. The van der Waals surface area contributed by atoms with Crippen molar-refractivity contribution in [3.05, 3.63) is 23.1 Å². The number of alkyl halides is 1. The average Bonchev–Trinajstić information content (AvgIpc) is 2.64. The first-order valence-electron chi connectivity index (χ1n) is 4.83. The Morgan fingerprint density at radius 1 is 1.47 bits per heavy atom. The van der Waals surface area contributed by atoms with Crippen LogP contribution in [0, 0.1) is 0 Å². The van der Waals surface area contributed by atoms with Crippen LogP contribution in [0.2, 0.25) is 5.22 Å². The minimum Gasteiger partial charge on any atom is -0.452 e. The highest BCUT2D eigenvalue weighted by atomic mass is 127. The molecule has 0 spiro atoms. The van der Waals surface area contributed by atoms with E-state index in [1.807, 2.05) is 0 Å². The van der Waals surface area contributed by atoms with E-state index in [1.54, 1.807) is 6.07 Å². The molecule has 3 nitrogen and oxygen atoms in total. The Bertz CT molecular complexity index is 314. The minimum atomic E-state index is -0.164. The topological polar surface area (TPSA) is 42.2 Å². The van der Waals surface area contributed by atoms with Gasteiger partial charge in [-0.2, -0.15) is 0 Å². The fourth-order valence-electron chi connectivity index (χ4n) is 1.15. The van der Waals surface area contributed by atoms with Crippen LogP contribution in [0.1, 0.15) is 29.6 Å². The normalized spacial score (nSPS) is 10.3. The van der Waals surface area contributed by atoms with Gasteiger partial charge in [-0.15, -0.1) is 0 Å². The molecule has 1 N–H and O–H groups in total. The smallest absolute Gasteiger partial charge is 0.256 e. The van der Waals surface area contributed by atoms with Gasteiger partial charge in [0.25, 0.3) is 5.91 Å². The van der Waals surface area contributed by atoms with Crippen LogP contribution in [0.5, 0.6) is 0 Å². The Morgan fingerprint density at radius 3 is 2.87 bits per heavy atom. The summed E-state index contributed by atoms with van der Waals surface area (Å²) in [7, 11) is 0. The summed E-state index contributed by atoms with van der Waals surface area (Å²) in [5, 5.41) is 2.95. The molecule has 0 bridgehead atoms. The van der Waals surface area contributed by atoms with Crippen LogP contribution in [0.15, 0.2) is 16.7 Å². The van der Waals surface area contributed by atoms with Crippen molar-refractivity contribution in [2.75, 3.05) is 11.0 Å². The largest absolute Gasteiger partial charge is 0.452 e. The van der Waals surface area contributed by atoms with Crippen LogP contribution >= 0.6 is 34.2 Å². The molecule has 0 atom stereocenters. The van der Waals surface area contributed by atoms with Gasteiger partial charge in [0.15, 0.2) is 0 Å². The molecule has 1 aromatic rings. The van der Waals surface area contributed by atoms with Gasteiger partial charge in [0.2, 0.25) is 5.22 Å². The van der Waals surface area contributed by atoms with Crippen molar-refractivity contribution < 1.29 is 9.21 Å². The third-order valence-electron chi connectivity index (χ3n) is 1.96. The van der Waals surface area contributed by atoms with Crippen molar-refractivity contribution in [2.24, 2.45) is 0 Å². The molecule has 0 aliphatic carbocycles. The Balaban J connectivity index is 2.22. The highest BCUT2D eigenvalue weighted by molar-refractivity contribution is 14.1. The Kier molecular flexibility index (Phi) is 6.09. The fourth-order valence-corrected chi connectivity index (χ4v) is 1.89. The summed E-state index contributed by atoms with van der Waals surface area (Å²) in [6.45, 7) is 0.691. The Labute approximate surface area is 108 Å². The van der Waals surface area contributed by atoms with E-state index in [0.717, 1.165) is 12.8 Å². The molecule has 0 saturated heterocycles. The van der Waals surface area contributed by atoms with Gasteiger partial charge in [-0.25, -0.2) is 0 Å². The molecule has 0 unspecified atom stereocenters. The SMILES string of the molecule is O=C(NCCCCCI)c1ccoc1Cl. The highest BCUT2D eigenvalue weighted by Crippen LogP contribution is 2.16. The molecule has 0 saturated carbocycles. The van der Waals surface area contributed by atoms with Crippen LogP contribution in [0.25, 0.3) is 0 Å². The zero-order valence-corrected chi connectivity index (χ0v) is 11.2. The summed E-state index contributed by atoms with van der Waals surface area (Å²) in [5.41, 5.74) is 0.408. The second kappa shape index (κ2) is 7.11. The molecular weight excluding hydrogens is 328 g/mol. The molecule has 0 aliphatic heterocycles. The number of nitrogens with one attached hydrogen (secondary N) is 1. The summed E-state index contributed by atoms with van der Waals surface area (Å²) in [5.74, 6) is -0.164. The lowest BCUT2D eigenvalue weighted by molar-refractivity contribution is 0.0952. The predicted octanol–water partition coefficient (Wildman–Crippen LogP) is 3.27. The van der Waals surface area contributed by atoms with Gasteiger partial charge in [0, 0.05) is 6.54 Å². The molecule has 0 fully saturated rings. The van der Waals surface area contributed by atoms with Crippen molar-refractivity contribution >= 4 is 40.1 Å². The third-order valence-corrected chi connectivity index (χ3v) is 3.01. The molecule has 1 rings (SSSR count). The van der Waals surface area contributed by atoms with E-state index in [2.05, 4.69) is 27.9 Å². The third kappa shape index (κ3) is 4.42. The number of hydrogen-bond acceptors (Lipinski definition) is 2. The number of carbonyl (C=O) groups excluding carboxylic acids is 1. The average molecular weight is 342 g/mol. The molecule has 1 amide bonds. The summed E-state index contributed by atoms with van der Waals surface area (Å²) < 4.78 is 6.00. The van der Waals surface area contributed by atoms with Gasteiger partial charge in [-0.3, -0.25) is 4.79 Å². The van der Waals surface area contributed by atoms with Crippen LogP contribution in [-0.2, 0) is 0 Å². The number of furan rings is 1. The number of unbranched alkanes of at least 4 members (excludes halogenated alkanes) is 2. The van der Waals surface area contributed by atoms with Crippen LogP contribution in [0.4, 0.5) is 0 Å². The second-order valence-electron chi connectivity index (χ2n) is 3.11. The van der Waals surface area contributed by atoms with Gasteiger partial charge < -0.3 is 9.73 Å². The quantitative estimate of drug-likeness (QED) is 0.490. The highest BCUT2D eigenvalue weighted by Gasteiger charge is 2.11. The number of amides is 1. The number of hydrogen-bond donors (Lipinski definition) is 1. The number of rotatable bonds is 6. The Morgan fingerprint density at radius 2 is 2.27 bits per heavy atom. The van der Waals surface area contributed by atoms with Crippen molar-refractivity contribution in [1.29, 1.82) is 0 Å². The molecule has 15 heavy (non-hydrogen) atoms. The maximum absolute atomic E-state index is 11.5. The summed E-state index contributed by atoms with van der Waals surface area (Å²) in [6, 6.07) is 1.57. The first kappa shape index (κ1) is 12.8. The van der Waals surface area contributed by atoms with Gasteiger partial charge in [-0.1, -0.05) is 29.0 Å². The zero-order chi connectivity index (χ0) is 11.1. The first-order valence-corrected chi connectivity index (χ1v) is 6.73. The predicted molar refractivity (Wildman–Crippen MR) is 68.8 cm³/mol. The molecule has 1 aromatic heterocycles. The minimum absolute atomic E-state index is 0.153. The van der Waals surface area contributed by atoms with Crippen LogP contribution in [-0.4, -0.2) is 16.9 Å². The number of carbonyl (C=O) groups is 1. The van der Waals surface area contributed by atoms with Crippen molar-refractivity contribution in [3.63, 3.8) is 0 Å². The molecular formula is C10H13ClINO2. The lowest BCUT2D eigenvalue weighted by atomic mass is 10.2. The van der Waals surface area contributed by atoms with Crippen molar-refractivity contribution in [1.82, 2.24) is 5.32 Å². The van der Waals surface area contributed by atoms with Gasteiger partial charge in [0.1, 0.15) is 0 Å². The molecule has 84 valence electrons. The van der Waals surface area contributed by atoms with Crippen molar-refractivity contribution in [2.45, 2.75) is 19.3 Å². The standard InChI is InChI=1S/C10H13ClINO2/c11-9-8(4-7-15-9)10(14)13-6-3-1-2-5-12/h4,7H,1-3,5-6H2,(H,13,14). The van der Waals surface area contributed by atoms with Crippen molar-refractivity contribution in [3.8, 4) is 0 Å². The first-order chi connectivity index (χ1) is 7.25. The van der Waals surface area contributed by atoms with Gasteiger partial charge >= 0.3 is 0 Å². The molecule has 0 radical (unpaired) electrons. The molecule has 0 aliphatic rings. The van der Waals surface area contributed by atoms with E-state index >= 15 is 0 Å². The molecule has 1 heterocycles. The van der Waals surface area contributed by atoms with Gasteiger partial charge in [-0.05, 0) is 34.9 Å². The maximum Gasteiger partial charge on any atom is 0.256 e. The van der Waals surface area contributed by atoms with E-state index < -0.39 is 0 Å². The summed E-state index contributed by atoms with van der Waals surface area (Å²) >= 11 is 8.02. The monoisotopic (exact) mass is 341 g/mol.